The second-order valence-corrected chi connectivity index (χ2v) is 8.55. The highest BCUT2D eigenvalue weighted by Gasteiger charge is 2.29. The van der Waals surface area contributed by atoms with E-state index < -0.39 is 0 Å². The van der Waals surface area contributed by atoms with Crippen molar-refractivity contribution in [2.24, 2.45) is 0 Å². The van der Waals surface area contributed by atoms with Crippen LogP contribution in [0.1, 0.15) is 36.0 Å². The molecule has 2 fully saturated rings. The van der Waals surface area contributed by atoms with Gasteiger partial charge in [-0.15, -0.1) is 0 Å². The third kappa shape index (κ3) is 5.66. The van der Waals surface area contributed by atoms with Crippen LogP contribution in [-0.2, 0) is 11.3 Å². The monoisotopic (exact) mass is 426 g/mol. The Bertz CT molecular complexity index is 855. The maximum absolute atomic E-state index is 5.44. The lowest BCUT2D eigenvalue weighted by Gasteiger charge is -2.28. The second kappa shape index (κ2) is 10.3. The molecule has 0 aliphatic carbocycles. The first kappa shape index (κ1) is 21.9. The summed E-state index contributed by atoms with van der Waals surface area (Å²) in [6.07, 6.45) is 5.98. The van der Waals surface area contributed by atoms with Gasteiger partial charge in [0.25, 0.3) is 0 Å². The highest BCUT2D eigenvalue weighted by Crippen LogP contribution is 2.32. The predicted molar refractivity (Wildman–Crippen MR) is 121 cm³/mol. The lowest BCUT2D eigenvalue weighted by atomic mass is 10.1. The number of aryl methyl sites for hydroxylation is 1. The van der Waals surface area contributed by atoms with Crippen molar-refractivity contribution in [3.05, 3.63) is 35.7 Å². The molecule has 0 radical (unpaired) electrons. The molecule has 4 rings (SSSR count). The molecule has 4 heterocycles. The summed E-state index contributed by atoms with van der Waals surface area (Å²) >= 11 is 0. The predicted octanol–water partition coefficient (Wildman–Crippen LogP) is 1.72. The smallest absolute Gasteiger partial charge is 0.134 e. The molecule has 9 heteroatoms. The molecule has 2 aliphatic heterocycles. The molecular formula is C22H34N8O. The van der Waals surface area contributed by atoms with Gasteiger partial charge in [-0.05, 0) is 40.4 Å². The molecule has 2 aliphatic rings. The number of nitrogens with one attached hydrogen (secondary N) is 1. The van der Waals surface area contributed by atoms with E-state index in [1.165, 1.54) is 17.7 Å². The summed E-state index contributed by atoms with van der Waals surface area (Å²) < 4.78 is 5.44. The lowest BCUT2D eigenvalue weighted by Crippen LogP contribution is -2.36. The van der Waals surface area contributed by atoms with E-state index in [4.69, 9.17) is 9.72 Å². The van der Waals surface area contributed by atoms with E-state index in [-0.39, 0.29) is 0 Å². The molecule has 2 aromatic heterocycles. The molecule has 0 aromatic carbocycles. The Morgan fingerprint density at radius 3 is 2.81 bits per heavy atom. The average molecular weight is 427 g/mol. The molecule has 1 unspecified atom stereocenters. The Balaban J connectivity index is 1.37. The first-order chi connectivity index (χ1) is 15.1. The maximum Gasteiger partial charge on any atom is 0.134 e. The molecule has 2 aromatic rings. The van der Waals surface area contributed by atoms with E-state index in [9.17, 15) is 0 Å². The van der Waals surface area contributed by atoms with Gasteiger partial charge in [-0.25, -0.2) is 19.9 Å². The standard InChI is InChI=1S/C22H34N8O/c1-17-24-14-18(15-28(2)3)22(27-17)19-5-4-7-29(19)8-6-23-20-13-21(26-16-25-20)30-9-11-31-12-10-30/h13-14,16,19H,4-12,15H2,1-3H3,(H,23,25,26). The molecular weight excluding hydrogens is 392 g/mol. The number of likely N-dealkylation sites (tertiary alicyclic amines) is 1. The SMILES string of the molecule is Cc1ncc(CN(C)C)c(C2CCCN2CCNc2cc(N3CCOCC3)ncn2)n1. The number of rotatable bonds is 8. The third-order valence-electron chi connectivity index (χ3n) is 5.88. The van der Waals surface area contributed by atoms with Gasteiger partial charge in [0.2, 0.25) is 0 Å². The van der Waals surface area contributed by atoms with Gasteiger partial charge >= 0.3 is 0 Å². The van der Waals surface area contributed by atoms with Gasteiger partial charge in [0.05, 0.1) is 24.9 Å². The second-order valence-electron chi connectivity index (χ2n) is 8.55. The van der Waals surface area contributed by atoms with Crippen molar-refractivity contribution in [3.63, 3.8) is 0 Å². The molecule has 0 saturated carbocycles. The Labute approximate surface area is 184 Å². The molecule has 9 nitrogen and oxygen atoms in total. The van der Waals surface area contributed by atoms with Crippen molar-refractivity contribution >= 4 is 11.6 Å². The van der Waals surface area contributed by atoms with E-state index in [0.717, 1.165) is 76.4 Å². The summed E-state index contributed by atoms with van der Waals surface area (Å²) in [5, 5.41) is 3.49. The van der Waals surface area contributed by atoms with Crippen molar-refractivity contribution in [2.75, 3.05) is 70.2 Å². The van der Waals surface area contributed by atoms with Crippen molar-refractivity contribution in [2.45, 2.75) is 32.4 Å². The summed E-state index contributed by atoms with van der Waals surface area (Å²) in [5.74, 6) is 2.68. The van der Waals surface area contributed by atoms with Crippen LogP contribution < -0.4 is 10.2 Å². The van der Waals surface area contributed by atoms with Gasteiger partial charge in [0.15, 0.2) is 0 Å². The Morgan fingerprint density at radius 1 is 1.16 bits per heavy atom. The summed E-state index contributed by atoms with van der Waals surface area (Å²) in [4.78, 5) is 25.1. The molecule has 168 valence electrons. The van der Waals surface area contributed by atoms with Crippen LogP contribution in [0.4, 0.5) is 11.6 Å². The van der Waals surface area contributed by atoms with Crippen molar-refractivity contribution < 1.29 is 4.74 Å². The topological polar surface area (TPSA) is 82.5 Å². The van der Waals surface area contributed by atoms with Crippen LogP contribution in [0.2, 0.25) is 0 Å². The first-order valence-electron chi connectivity index (χ1n) is 11.2. The van der Waals surface area contributed by atoms with E-state index in [0.29, 0.717) is 6.04 Å². The minimum Gasteiger partial charge on any atom is -0.378 e. The fourth-order valence-electron chi connectivity index (χ4n) is 4.40. The van der Waals surface area contributed by atoms with Gasteiger partial charge in [-0.2, -0.15) is 0 Å². The van der Waals surface area contributed by atoms with E-state index in [1.54, 1.807) is 6.33 Å². The van der Waals surface area contributed by atoms with Crippen molar-refractivity contribution in [1.82, 2.24) is 29.7 Å². The Morgan fingerprint density at radius 2 is 2.00 bits per heavy atom. The minimum absolute atomic E-state index is 0.354. The van der Waals surface area contributed by atoms with Gasteiger partial charge in [0.1, 0.15) is 23.8 Å². The van der Waals surface area contributed by atoms with Crippen molar-refractivity contribution in [1.29, 1.82) is 0 Å². The normalized spacial score (nSPS) is 19.9. The maximum atomic E-state index is 5.44. The Hall–Kier alpha value is -2.36. The summed E-state index contributed by atoms with van der Waals surface area (Å²) in [6, 6.07) is 2.39. The average Bonchev–Trinajstić information content (AvgIpc) is 3.24. The summed E-state index contributed by atoms with van der Waals surface area (Å²) in [5.41, 5.74) is 2.42. The number of hydrogen-bond acceptors (Lipinski definition) is 9. The summed E-state index contributed by atoms with van der Waals surface area (Å²) in [6.45, 7) is 8.98. The molecule has 0 bridgehead atoms. The Kier molecular flexibility index (Phi) is 7.26. The van der Waals surface area contributed by atoms with Gasteiger partial charge in [-0.1, -0.05) is 0 Å². The van der Waals surface area contributed by atoms with Crippen LogP contribution in [0.25, 0.3) is 0 Å². The fraction of sp³-hybridized carbons (Fsp3) is 0.636. The number of nitrogens with zero attached hydrogens (tertiary/aromatic N) is 7. The van der Waals surface area contributed by atoms with E-state index in [1.807, 2.05) is 19.2 Å². The first-order valence-corrected chi connectivity index (χ1v) is 11.2. The number of hydrogen-bond donors (Lipinski definition) is 1. The quantitative estimate of drug-likeness (QED) is 0.678. The lowest BCUT2D eigenvalue weighted by molar-refractivity contribution is 0.122. The highest BCUT2D eigenvalue weighted by molar-refractivity contribution is 5.48. The molecule has 2 saturated heterocycles. The van der Waals surface area contributed by atoms with Gasteiger partial charge < -0.3 is 19.9 Å². The molecule has 1 atom stereocenters. The number of anilines is 2. The largest absolute Gasteiger partial charge is 0.378 e. The van der Waals surface area contributed by atoms with E-state index in [2.05, 4.69) is 49.1 Å². The van der Waals surface area contributed by atoms with Crippen LogP contribution in [0.5, 0.6) is 0 Å². The fourth-order valence-corrected chi connectivity index (χ4v) is 4.40. The minimum atomic E-state index is 0.354. The van der Waals surface area contributed by atoms with Gasteiger partial charge in [-0.3, -0.25) is 4.90 Å². The zero-order chi connectivity index (χ0) is 21.6. The highest BCUT2D eigenvalue weighted by atomic mass is 16.5. The van der Waals surface area contributed by atoms with Crippen LogP contribution in [-0.4, -0.2) is 89.8 Å². The molecule has 1 N–H and O–H groups in total. The van der Waals surface area contributed by atoms with E-state index >= 15 is 0 Å². The van der Waals surface area contributed by atoms with Crippen LogP contribution in [0.15, 0.2) is 18.6 Å². The van der Waals surface area contributed by atoms with Crippen LogP contribution in [0.3, 0.4) is 0 Å². The summed E-state index contributed by atoms with van der Waals surface area (Å²) in [7, 11) is 4.18. The molecule has 0 spiro atoms. The van der Waals surface area contributed by atoms with Crippen LogP contribution >= 0.6 is 0 Å². The van der Waals surface area contributed by atoms with Crippen molar-refractivity contribution in [3.8, 4) is 0 Å². The van der Waals surface area contributed by atoms with Crippen LogP contribution in [0, 0.1) is 6.92 Å². The van der Waals surface area contributed by atoms with Gasteiger partial charge in [0, 0.05) is 50.6 Å². The zero-order valence-electron chi connectivity index (χ0n) is 18.9. The number of aromatic nitrogens is 4. The third-order valence-corrected chi connectivity index (χ3v) is 5.88. The number of ether oxygens (including phenoxy) is 1. The zero-order valence-corrected chi connectivity index (χ0v) is 18.9. The number of morpholine rings is 1. The molecule has 0 amide bonds. The molecule has 31 heavy (non-hydrogen) atoms.